The molecule has 0 amide bonds. The molecule has 1 aromatic rings. The standard InChI is InChI=1S/C15H20BrNOS/c1-2-10-4-3-5-12(8-10)18-14-7-6-11(16)9-13(14)15(17)19/h6-7,9-10,12H,2-5,8H2,1H3,(H2,17,19). The number of hydrogen-bond donors (Lipinski definition) is 1. The van der Waals surface area contributed by atoms with Crippen molar-refractivity contribution in [3.63, 3.8) is 0 Å². The summed E-state index contributed by atoms with van der Waals surface area (Å²) >= 11 is 8.54. The number of rotatable bonds is 4. The van der Waals surface area contributed by atoms with Crippen LogP contribution in [0.5, 0.6) is 5.75 Å². The number of thiocarbonyl (C=S) groups is 1. The average molecular weight is 342 g/mol. The van der Waals surface area contributed by atoms with E-state index in [-0.39, 0.29) is 0 Å². The van der Waals surface area contributed by atoms with Crippen molar-refractivity contribution in [3.8, 4) is 5.75 Å². The fraction of sp³-hybridized carbons (Fsp3) is 0.533. The Morgan fingerprint density at radius 1 is 1.47 bits per heavy atom. The third kappa shape index (κ3) is 3.93. The molecule has 0 aromatic heterocycles. The van der Waals surface area contributed by atoms with E-state index in [0.29, 0.717) is 11.1 Å². The van der Waals surface area contributed by atoms with Gasteiger partial charge in [0.1, 0.15) is 10.7 Å². The lowest BCUT2D eigenvalue weighted by Crippen LogP contribution is -2.26. The summed E-state index contributed by atoms with van der Waals surface area (Å²) < 4.78 is 7.12. The summed E-state index contributed by atoms with van der Waals surface area (Å²) in [6.45, 7) is 2.26. The number of halogens is 1. The Morgan fingerprint density at radius 3 is 2.95 bits per heavy atom. The van der Waals surface area contributed by atoms with Crippen LogP contribution in [0.1, 0.15) is 44.6 Å². The van der Waals surface area contributed by atoms with Gasteiger partial charge in [-0.15, -0.1) is 0 Å². The zero-order valence-corrected chi connectivity index (χ0v) is 13.6. The normalized spacial score (nSPS) is 23.1. The molecule has 1 fully saturated rings. The van der Waals surface area contributed by atoms with E-state index in [1.165, 1.54) is 19.3 Å². The van der Waals surface area contributed by atoms with E-state index < -0.39 is 0 Å². The van der Waals surface area contributed by atoms with Crippen molar-refractivity contribution in [1.29, 1.82) is 0 Å². The molecule has 0 saturated heterocycles. The van der Waals surface area contributed by atoms with Crippen LogP contribution >= 0.6 is 28.1 Å². The van der Waals surface area contributed by atoms with Crippen LogP contribution < -0.4 is 10.5 Å². The van der Waals surface area contributed by atoms with E-state index in [4.69, 9.17) is 22.7 Å². The number of ether oxygens (including phenoxy) is 1. The first-order valence-corrected chi connectivity index (χ1v) is 8.06. The largest absolute Gasteiger partial charge is 0.490 e. The molecule has 0 aliphatic heterocycles. The molecule has 19 heavy (non-hydrogen) atoms. The van der Waals surface area contributed by atoms with Gasteiger partial charge in [0.25, 0.3) is 0 Å². The Balaban J connectivity index is 2.12. The van der Waals surface area contributed by atoms with Crippen molar-refractivity contribution in [2.75, 3.05) is 0 Å². The molecule has 1 aliphatic rings. The first kappa shape index (κ1) is 14.8. The molecular formula is C15H20BrNOS. The number of benzene rings is 1. The zero-order chi connectivity index (χ0) is 13.8. The lowest BCUT2D eigenvalue weighted by molar-refractivity contribution is 0.122. The van der Waals surface area contributed by atoms with Gasteiger partial charge >= 0.3 is 0 Å². The van der Waals surface area contributed by atoms with Crippen LogP contribution in [0.3, 0.4) is 0 Å². The molecule has 104 valence electrons. The predicted molar refractivity (Wildman–Crippen MR) is 86.7 cm³/mol. The van der Waals surface area contributed by atoms with E-state index in [2.05, 4.69) is 22.9 Å². The molecule has 2 unspecified atom stereocenters. The smallest absolute Gasteiger partial charge is 0.129 e. The molecular weight excluding hydrogens is 322 g/mol. The molecule has 1 aromatic carbocycles. The molecule has 0 bridgehead atoms. The Hall–Kier alpha value is -0.610. The lowest BCUT2D eigenvalue weighted by atomic mass is 9.85. The second kappa shape index (κ2) is 6.71. The summed E-state index contributed by atoms with van der Waals surface area (Å²) in [6, 6.07) is 5.85. The van der Waals surface area contributed by atoms with Crippen molar-refractivity contribution in [2.24, 2.45) is 11.7 Å². The Bertz CT molecular complexity index is 463. The fourth-order valence-corrected chi connectivity index (χ4v) is 3.22. The van der Waals surface area contributed by atoms with Gasteiger partial charge in [0.15, 0.2) is 0 Å². The molecule has 0 spiro atoms. The summed E-state index contributed by atoms with van der Waals surface area (Å²) in [5.41, 5.74) is 6.59. The number of nitrogens with two attached hydrogens (primary N) is 1. The molecule has 2 N–H and O–H groups in total. The van der Waals surface area contributed by atoms with Crippen molar-refractivity contribution in [1.82, 2.24) is 0 Å². The van der Waals surface area contributed by atoms with Crippen LogP contribution in [0.15, 0.2) is 22.7 Å². The van der Waals surface area contributed by atoms with Gasteiger partial charge < -0.3 is 10.5 Å². The van der Waals surface area contributed by atoms with Crippen LogP contribution in [-0.4, -0.2) is 11.1 Å². The molecule has 4 heteroatoms. The highest BCUT2D eigenvalue weighted by atomic mass is 79.9. The first-order valence-electron chi connectivity index (χ1n) is 6.86. The van der Waals surface area contributed by atoms with Gasteiger partial charge in [-0.05, 0) is 43.4 Å². The van der Waals surface area contributed by atoms with Crippen LogP contribution in [0.25, 0.3) is 0 Å². The summed E-state index contributed by atoms with van der Waals surface area (Å²) in [7, 11) is 0. The van der Waals surface area contributed by atoms with Gasteiger partial charge in [-0.1, -0.05) is 47.9 Å². The fourth-order valence-electron chi connectivity index (χ4n) is 2.70. The Morgan fingerprint density at radius 2 is 2.26 bits per heavy atom. The quantitative estimate of drug-likeness (QED) is 0.822. The summed E-state index contributed by atoms with van der Waals surface area (Å²) in [6.07, 6.45) is 6.39. The second-order valence-corrected chi connectivity index (χ2v) is 6.54. The van der Waals surface area contributed by atoms with Gasteiger partial charge in [-0.3, -0.25) is 0 Å². The minimum atomic E-state index is 0.299. The molecule has 2 rings (SSSR count). The third-order valence-corrected chi connectivity index (χ3v) is 4.53. The van der Waals surface area contributed by atoms with Crippen LogP contribution in [0.4, 0.5) is 0 Å². The molecule has 1 aliphatic carbocycles. The van der Waals surface area contributed by atoms with E-state index in [9.17, 15) is 0 Å². The van der Waals surface area contributed by atoms with Gasteiger partial charge in [-0.2, -0.15) is 0 Å². The summed E-state index contributed by atoms with van der Waals surface area (Å²) in [5.74, 6) is 1.61. The molecule has 2 atom stereocenters. The third-order valence-electron chi connectivity index (χ3n) is 3.81. The van der Waals surface area contributed by atoms with Crippen LogP contribution in [-0.2, 0) is 0 Å². The average Bonchev–Trinajstić information content (AvgIpc) is 2.41. The van der Waals surface area contributed by atoms with Crippen molar-refractivity contribution in [2.45, 2.75) is 45.1 Å². The molecule has 0 radical (unpaired) electrons. The number of hydrogen-bond acceptors (Lipinski definition) is 2. The SMILES string of the molecule is CCC1CCCC(Oc2ccc(Br)cc2C(N)=S)C1. The first-order chi connectivity index (χ1) is 9.10. The predicted octanol–water partition coefficient (Wildman–Crippen LogP) is 4.43. The van der Waals surface area contributed by atoms with Crippen LogP contribution in [0, 0.1) is 5.92 Å². The molecule has 1 saturated carbocycles. The van der Waals surface area contributed by atoms with Crippen molar-refractivity contribution >= 4 is 33.1 Å². The van der Waals surface area contributed by atoms with Crippen LogP contribution in [0.2, 0.25) is 0 Å². The van der Waals surface area contributed by atoms with E-state index in [1.54, 1.807) is 0 Å². The van der Waals surface area contributed by atoms with Crippen molar-refractivity contribution in [3.05, 3.63) is 28.2 Å². The van der Waals surface area contributed by atoms with Gasteiger partial charge in [0.05, 0.1) is 11.7 Å². The zero-order valence-electron chi connectivity index (χ0n) is 11.2. The highest BCUT2D eigenvalue weighted by molar-refractivity contribution is 9.10. The highest BCUT2D eigenvalue weighted by Gasteiger charge is 2.23. The summed E-state index contributed by atoms with van der Waals surface area (Å²) in [4.78, 5) is 0.388. The second-order valence-electron chi connectivity index (χ2n) is 5.19. The lowest BCUT2D eigenvalue weighted by Gasteiger charge is -2.29. The summed E-state index contributed by atoms with van der Waals surface area (Å²) in [5, 5.41) is 0. The van der Waals surface area contributed by atoms with E-state index >= 15 is 0 Å². The highest BCUT2D eigenvalue weighted by Crippen LogP contribution is 2.31. The minimum absolute atomic E-state index is 0.299. The molecule has 2 nitrogen and oxygen atoms in total. The monoisotopic (exact) mass is 341 g/mol. The van der Waals surface area contributed by atoms with Crippen molar-refractivity contribution < 1.29 is 4.74 Å². The van der Waals surface area contributed by atoms with Gasteiger partial charge in [0.2, 0.25) is 0 Å². The molecule has 0 heterocycles. The maximum atomic E-state index is 6.15. The Kier molecular flexibility index (Phi) is 5.22. The topological polar surface area (TPSA) is 35.2 Å². The van der Waals surface area contributed by atoms with Gasteiger partial charge in [-0.25, -0.2) is 0 Å². The maximum Gasteiger partial charge on any atom is 0.129 e. The van der Waals surface area contributed by atoms with Gasteiger partial charge in [0, 0.05) is 4.47 Å². The Labute approximate surface area is 128 Å². The van der Waals surface area contributed by atoms with E-state index in [0.717, 1.165) is 34.5 Å². The maximum absolute atomic E-state index is 6.15. The van der Waals surface area contributed by atoms with E-state index in [1.807, 2.05) is 18.2 Å². The minimum Gasteiger partial charge on any atom is -0.490 e.